The second-order valence-corrected chi connectivity index (χ2v) is 8.95. The number of hydrogen-bond acceptors (Lipinski definition) is 9. The lowest BCUT2D eigenvalue weighted by molar-refractivity contribution is -0.402. The van der Waals surface area contributed by atoms with Crippen LogP contribution in [0, 0.1) is 10.1 Å². The molecule has 5 rings (SSSR count). The lowest BCUT2D eigenvalue weighted by Gasteiger charge is -2.20. The van der Waals surface area contributed by atoms with Gasteiger partial charge in [0.25, 0.3) is 5.56 Å². The number of aromatic hydroxyl groups is 1. The number of hydrogen-bond donors (Lipinski definition) is 1. The Hall–Kier alpha value is -4.51. The first kappa shape index (κ1) is 23.2. The zero-order chi connectivity index (χ0) is 25.6. The van der Waals surface area contributed by atoms with Gasteiger partial charge in [0.1, 0.15) is 22.5 Å². The molecule has 11 heteroatoms. The van der Waals surface area contributed by atoms with Crippen LogP contribution in [0.4, 0.5) is 5.88 Å². The highest BCUT2D eigenvalue weighted by atomic mass is 32.1. The van der Waals surface area contributed by atoms with Gasteiger partial charge in [-0.15, -0.1) is 0 Å². The number of nitro groups is 1. The van der Waals surface area contributed by atoms with Crippen molar-refractivity contribution in [3.05, 3.63) is 95.2 Å². The first-order valence-electron chi connectivity index (χ1n) is 10.9. The normalized spacial score (nSPS) is 15.6. The Morgan fingerprint density at radius 1 is 1.28 bits per heavy atom. The predicted molar refractivity (Wildman–Crippen MR) is 132 cm³/mol. The van der Waals surface area contributed by atoms with Crippen molar-refractivity contribution >= 4 is 45.7 Å². The van der Waals surface area contributed by atoms with Crippen molar-refractivity contribution in [3.8, 4) is 5.75 Å². The molecule has 0 radical (unpaired) electrons. The van der Waals surface area contributed by atoms with E-state index in [0.717, 1.165) is 22.1 Å². The fraction of sp³-hybridized carbons (Fsp3) is 0.160. The summed E-state index contributed by atoms with van der Waals surface area (Å²) < 4.78 is 12.1. The Labute approximate surface area is 206 Å². The van der Waals surface area contributed by atoms with Crippen LogP contribution in [-0.2, 0) is 9.53 Å². The first-order valence-corrected chi connectivity index (χ1v) is 11.8. The van der Waals surface area contributed by atoms with E-state index in [2.05, 4.69) is 4.99 Å². The number of rotatable bonds is 5. The summed E-state index contributed by atoms with van der Waals surface area (Å²) in [5.74, 6) is -1.10. The Morgan fingerprint density at radius 3 is 2.78 bits per heavy atom. The molecule has 3 heterocycles. The second-order valence-electron chi connectivity index (χ2n) is 7.94. The molecule has 0 spiro atoms. The van der Waals surface area contributed by atoms with E-state index in [4.69, 9.17) is 9.15 Å². The largest absolute Gasteiger partial charge is 0.507 e. The smallest absolute Gasteiger partial charge is 0.433 e. The summed E-state index contributed by atoms with van der Waals surface area (Å²) in [5, 5.41) is 23.3. The van der Waals surface area contributed by atoms with E-state index >= 15 is 0 Å². The van der Waals surface area contributed by atoms with E-state index in [1.165, 1.54) is 16.7 Å². The van der Waals surface area contributed by atoms with Gasteiger partial charge in [-0.2, -0.15) is 0 Å². The summed E-state index contributed by atoms with van der Waals surface area (Å²) in [6.07, 6.45) is 1.59. The number of nitrogens with zero attached hydrogens (tertiary/aromatic N) is 3. The Bertz CT molecular complexity index is 1760. The van der Waals surface area contributed by atoms with Gasteiger partial charge in [0, 0.05) is 11.3 Å². The van der Waals surface area contributed by atoms with E-state index in [9.17, 15) is 24.8 Å². The lowest BCUT2D eigenvalue weighted by Crippen LogP contribution is -2.35. The molecule has 4 aromatic rings. The summed E-state index contributed by atoms with van der Waals surface area (Å²) in [6, 6.07) is 12.3. The van der Waals surface area contributed by atoms with Crippen molar-refractivity contribution in [2.75, 3.05) is 6.61 Å². The number of benzene rings is 2. The van der Waals surface area contributed by atoms with Gasteiger partial charge in [0.05, 0.1) is 22.8 Å². The number of aromatic nitrogens is 1. The number of phenolic OH excluding ortho intramolecular Hbond substituents is 1. The van der Waals surface area contributed by atoms with Crippen molar-refractivity contribution in [2.24, 2.45) is 4.99 Å². The summed E-state index contributed by atoms with van der Waals surface area (Å²) in [4.78, 5) is 41.6. The molecule has 1 aliphatic rings. The van der Waals surface area contributed by atoms with Gasteiger partial charge < -0.3 is 14.3 Å². The number of esters is 1. The summed E-state index contributed by atoms with van der Waals surface area (Å²) in [6.45, 7) is 3.32. The lowest BCUT2D eigenvalue weighted by atomic mass is 10.0. The molecule has 0 aliphatic carbocycles. The van der Waals surface area contributed by atoms with Gasteiger partial charge in [0.15, 0.2) is 4.80 Å². The van der Waals surface area contributed by atoms with Crippen LogP contribution in [0.3, 0.4) is 0 Å². The maximum absolute atomic E-state index is 13.4. The minimum Gasteiger partial charge on any atom is -0.507 e. The van der Waals surface area contributed by atoms with Gasteiger partial charge in [-0.1, -0.05) is 41.7 Å². The summed E-state index contributed by atoms with van der Waals surface area (Å²) in [7, 11) is 0. The molecule has 0 saturated carbocycles. The maximum Gasteiger partial charge on any atom is 0.433 e. The molecule has 0 amide bonds. The third kappa shape index (κ3) is 3.79. The monoisotopic (exact) mass is 505 g/mol. The molecular formula is C25H19N3O7S. The van der Waals surface area contributed by atoms with Crippen molar-refractivity contribution in [1.29, 1.82) is 0 Å². The van der Waals surface area contributed by atoms with Gasteiger partial charge >= 0.3 is 11.9 Å². The topological polar surface area (TPSA) is 137 Å². The number of thiazole rings is 1. The van der Waals surface area contributed by atoms with Gasteiger partial charge in [-0.3, -0.25) is 19.5 Å². The van der Waals surface area contributed by atoms with Crippen LogP contribution in [0.5, 0.6) is 5.75 Å². The molecular weight excluding hydrogens is 486 g/mol. The van der Waals surface area contributed by atoms with Crippen LogP contribution in [0.2, 0.25) is 0 Å². The van der Waals surface area contributed by atoms with Crippen LogP contribution in [0.15, 0.2) is 68.3 Å². The molecule has 2 aromatic heterocycles. The quantitative estimate of drug-likeness (QED) is 0.250. The highest BCUT2D eigenvalue weighted by Gasteiger charge is 2.34. The van der Waals surface area contributed by atoms with Gasteiger partial charge in [0.2, 0.25) is 0 Å². The standard InChI is InChI=1S/C25H19N3O7S/c1-3-34-24(31)21-13(2)27-23(30)19(12-16-15-7-5-4-6-14(15)8-9-17(16)29)36-25(27)26-22(21)18-10-11-20(35-18)28(32)33/h4-12,22,29H,3H2,1-2H3/b19-12-/t22-/m1/s1. The zero-order valence-corrected chi connectivity index (χ0v) is 19.9. The number of allylic oxidation sites excluding steroid dienone is 1. The van der Waals surface area contributed by atoms with Crippen LogP contribution in [0.25, 0.3) is 22.5 Å². The highest BCUT2D eigenvalue weighted by Crippen LogP contribution is 2.34. The van der Waals surface area contributed by atoms with E-state index < -0.39 is 28.4 Å². The molecule has 10 nitrogen and oxygen atoms in total. The minimum atomic E-state index is -1.03. The van der Waals surface area contributed by atoms with Crippen molar-refractivity contribution in [3.63, 3.8) is 0 Å². The van der Waals surface area contributed by atoms with E-state index in [0.29, 0.717) is 5.56 Å². The van der Waals surface area contributed by atoms with Crippen molar-refractivity contribution in [2.45, 2.75) is 19.9 Å². The van der Waals surface area contributed by atoms with Crippen LogP contribution < -0.4 is 14.9 Å². The van der Waals surface area contributed by atoms with E-state index in [1.54, 1.807) is 32.1 Å². The molecule has 1 aliphatic heterocycles. The molecule has 182 valence electrons. The van der Waals surface area contributed by atoms with Crippen molar-refractivity contribution < 1.29 is 24.0 Å². The minimum absolute atomic E-state index is 0.0154. The van der Waals surface area contributed by atoms with Gasteiger partial charge in [-0.25, -0.2) is 9.79 Å². The third-order valence-electron chi connectivity index (χ3n) is 5.83. The number of phenols is 1. The van der Waals surface area contributed by atoms with Crippen molar-refractivity contribution in [1.82, 2.24) is 4.57 Å². The van der Waals surface area contributed by atoms with E-state index in [-0.39, 0.29) is 38.7 Å². The fourth-order valence-corrected chi connectivity index (χ4v) is 5.20. The number of carbonyl (C=O) groups is 1. The second kappa shape index (κ2) is 8.93. The van der Waals surface area contributed by atoms with Crippen LogP contribution >= 0.6 is 11.3 Å². The average molecular weight is 506 g/mol. The average Bonchev–Trinajstić information content (AvgIpc) is 3.46. The predicted octanol–water partition coefficient (Wildman–Crippen LogP) is 3.27. The molecule has 0 unspecified atom stereocenters. The zero-order valence-electron chi connectivity index (χ0n) is 19.1. The van der Waals surface area contributed by atoms with E-state index in [1.807, 2.05) is 24.3 Å². The maximum atomic E-state index is 13.4. The Kier molecular flexibility index (Phi) is 5.77. The van der Waals surface area contributed by atoms with Crippen LogP contribution in [-0.4, -0.2) is 27.2 Å². The molecule has 0 saturated heterocycles. The molecule has 36 heavy (non-hydrogen) atoms. The Balaban J connectivity index is 1.76. The number of ether oxygens (including phenoxy) is 1. The number of fused-ring (bicyclic) bond motifs is 2. The summed E-state index contributed by atoms with van der Waals surface area (Å²) >= 11 is 1.07. The number of carbonyl (C=O) groups excluding carboxylic acids is 1. The molecule has 2 aromatic carbocycles. The molecule has 1 atom stereocenters. The highest BCUT2D eigenvalue weighted by molar-refractivity contribution is 7.07. The number of furan rings is 1. The third-order valence-corrected chi connectivity index (χ3v) is 6.81. The van der Waals surface area contributed by atoms with Gasteiger partial charge in [-0.05, 0) is 42.8 Å². The molecule has 1 N–H and O–H groups in total. The summed E-state index contributed by atoms with van der Waals surface area (Å²) in [5.41, 5.74) is 0.391. The molecule has 0 fully saturated rings. The first-order chi connectivity index (χ1) is 17.3. The SMILES string of the molecule is CCOC(=O)C1=C(C)n2c(s/c(=C\c3c(O)ccc4ccccc34)c2=O)=N[C@@H]1c1ccc([N+](=O)[O-])o1. The van der Waals surface area contributed by atoms with Crippen LogP contribution in [0.1, 0.15) is 31.2 Å². The Morgan fingerprint density at radius 2 is 2.06 bits per heavy atom. The fourth-order valence-electron chi connectivity index (χ4n) is 4.18. The molecule has 0 bridgehead atoms.